The first kappa shape index (κ1) is 19.2. The van der Waals surface area contributed by atoms with Gasteiger partial charge in [-0.05, 0) is 50.9 Å². The summed E-state index contributed by atoms with van der Waals surface area (Å²) in [5, 5.41) is 4.73. The van der Waals surface area contributed by atoms with Crippen molar-refractivity contribution < 1.29 is 9.21 Å². The smallest absolute Gasteiger partial charge is 0.222 e. The second-order valence-electron chi connectivity index (χ2n) is 8.35. The van der Waals surface area contributed by atoms with E-state index in [9.17, 15) is 4.79 Å². The fourth-order valence-electron chi connectivity index (χ4n) is 4.29. The van der Waals surface area contributed by atoms with E-state index in [1.165, 1.54) is 5.69 Å². The van der Waals surface area contributed by atoms with Crippen LogP contribution in [-0.4, -0.2) is 51.7 Å². The first-order valence-electron chi connectivity index (χ1n) is 10.7. The molecule has 0 aromatic carbocycles. The molecule has 2 aliphatic rings. The lowest BCUT2D eigenvalue weighted by atomic mass is 10.0. The molecular weight excluding hydrogens is 352 g/mol. The summed E-state index contributed by atoms with van der Waals surface area (Å²) in [6.45, 7) is 10.1. The number of aromatic nitrogens is 2. The Hall–Kier alpha value is -2.08. The Morgan fingerprint density at radius 2 is 2.04 bits per heavy atom. The molecule has 0 unspecified atom stereocenters. The van der Waals surface area contributed by atoms with E-state index in [-0.39, 0.29) is 5.91 Å². The number of nitrogens with zero attached hydrogens (tertiary/aromatic N) is 4. The van der Waals surface area contributed by atoms with Crippen molar-refractivity contribution in [1.29, 1.82) is 0 Å². The minimum absolute atomic E-state index is 0.284. The van der Waals surface area contributed by atoms with Gasteiger partial charge in [0.15, 0.2) is 0 Å². The van der Waals surface area contributed by atoms with Gasteiger partial charge in [-0.3, -0.25) is 14.4 Å². The molecule has 0 N–H and O–H groups in total. The molecular formula is C22H32N4O2. The topological polar surface area (TPSA) is 54.5 Å². The molecule has 4 heterocycles. The number of likely N-dealkylation sites (tertiary alicyclic amines) is 1. The SMILES string of the molecule is Cc1ccc([C@H](C)CCN2CCn3nc(CCC(=O)N4CCCC4)cc3C2)o1. The van der Waals surface area contributed by atoms with Crippen LogP contribution in [0.2, 0.25) is 0 Å². The van der Waals surface area contributed by atoms with Gasteiger partial charge in [-0.15, -0.1) is 0 Å². The predicted molar refractivity (Wildman–Crippen MR) is 108 cm³/mol. The van der Waals surface area contributed by atoms with Crippen LogP contribution >= 0.6 is 0 Å². The Kier molecular flexibility index (Phi) is 5.85. The number of rotatable bonds is 7. The van der Waals surface area contributed by atoms with Gasteiger partial charge in [-0.25, -0.2) is 0 Å². The van der Waals surface area contributed by atoms with Crippen molar-refractivity contribution in [2.75, 3.05) is 26.2 Å². The van der Waals surface area contributed by atoms with E-state index in [0.717, 1.165) is 82.2 Å². The van der Waals surface area contributed by atoms with Crippen LogP contribution in [0.1, 0.15) is 61.4 Å². The average Bonchev–Trinajstić information content (AvgIpc) is 3.43. The molecule has 1 saturated heterocycles. The Morgan fingerprint density at radius 1 is 1.21 bits per heavy atom. The summed E-state index contributed by atoms with van der Waals surface area (Å²) in [7, 11) is 0. The van der Waals surface area contributed by atoms with Crippen molar-refractivity contribution in [2.45, 2.75) is 65.0 Å². The van der Waals surface area contributed by atoms with Gasteiger partial charge < -0.3 is 9.32 Å². The largest absolute Gasteiger partial charge is 0.466 e. The third-order valence-corrected chi connectivity index (χ3v) is 6.11. The fourth-order valence-corrected chi connectivity index (χ4v) is 4.29. The minimum atomic E-state index is 0.284. The Morgan fingerprint density at radius 3 is 2.79 bits per heavy atom. The van der Waals surface area contributed by atoms with Crippen molar-refractivity contribution in [1.82, 2.24) is 19.6 Å². The highest BCUT2D eigenvalue weighted by molar-refractivity contribution is 5.76. The van der Waals surface area contributed by atoms with E-state index in [0.29, 0.717) is 12.3 Å². The molecule has 0 spiro atoms. The number of carbonyl (C=O) groups excluding carboxylic acids is 1. The number of hydrogen-bond acceptors (Lipinski definition) is 4. The first-order chi connectivity index (χ1) is 13.6. The molecule has 152 valence electrons. The van der Waals surface area contributed by atoms with Crippen LogP contribution in [0, 0.1) is 6.92 Å². The molecule has 2 aromatic rings. The maximum absolute atomic E-state index is 12.3. The van der Waals surface area contributed by atoms with E-state index in [1.807, 2.05) is 17.9 Å². The summed E-state index contributed by atoms with van der Waals surface area (Å²) in [4.78, 5) is 16.8. The molecule has 1 fully saturated rings. The zero-order chi connectivity index (χ0) is 19.5. The second-order valence-corrected chi connectivity index (χ2v) is 8.35. The summed E-state index contributed by atoms with van der Waals surface area (Å²) in [6.07, 6.45) is 4.74. The van der Waals surface area contributed by atoms with Crippen LogP contribution in [0.25, 0.3) is 0 Å². The molecule has 0 bridgehead atoms. The van der Waals surface area contributed by atoms with Gasteiger partial charge in [0.2, 0.25) is 5.91 Å². The number of fused-ring (bicyclic) bond motifs is 1. The zero-order valence-electron chi connectivity index (χ0n) is 17.2. The van der Waals surface area contributed by atoms with Crippen LogP contribution in [0.3, 0.4) is 0 Å². The lowest BCUT2D eigenvalue weighted by molar-refractivity contribution is -0.130. The van der Waals surface area contributed by atoms with Crippen molar-refractivity contribution >= 4 is 5.91 Å². The highest BCUT2D eigenvalue weighted by Crippen LogP contribution is 2.23. The van der Waals surface area contributed by atoms with Gasteiger partial charge in [0.25, 0.3) is 0 Å². The van der Waals surface area contributed by atoms with E-state index in [2.05, 4.69) is 28.6 Å². The quantitative estimate of drug-likeness (QED) is 0.735. The molecule has 1 amide bonds. The fraction of sp³-hybridized carbons (Fsp3) is 0.636. The maximum Gasteiger partial charge on any atom is 0.222 e. The normalized spacial score (nSPS) is 18.4. The maximum atomic E-state index is 12.3. The molecule has 1 atom stereocenters. The van der Waals surface area contributed by atoms with Gasteiger partial charge >= 0.3 is 0 Å². The van der Waals surface area contributed by atoms with Gasteiger partial charge in [0.1, 0.15) is 11.5 Å². The Balaban J connectivity index is 1.26. The van der Waals surface area contributed by atoms with Crippen molar-refractivity contribution in [3.8, 4) is 0 Å². The predicted octanol–water partition coefficient (Wildman–Crippen LogP) is 3.35. The molecule has 0 aliphatic carbocycles. The van der Waals surface area contributed by atoms with E-state index in [1.54, 1.807) is 0 Å². The number of aryl methyl sites for hydroxylation is 2. The molecule has 4 rings (SSSR count). The van der Waals surface area contributed by atoms with E-state index >= 15 is 0 Å². The average molecular weight is 385 g/mol. The van der Waals surface area contributed by atoms with Gasteiger partial charge in [-0.1, -0.05) is 6.92 Å². The third kappa shape index (κ3) is 4.49. The van der Waals surface area contributed by atoms with Gasteiger partial charge in [-0.2, -0.15) is 5.10 Å². The van der Waals surface area contributed by atoms with E-state index in [4.69, 9.17) is 9.52 Å². The van der Waals surface area contributed by atoms with Crippen LogP contribution in [0.5, 0.6) is 0 Å². The second kappa shape index (κ2) is 8.52. The summed E-state index contributed by atoms with van der Waals surface area (Å²) in [6, 6.07) is 6.34. The van der Waals surface area contributed by atoms with Gasteiger partial charge in [0, 0.05) is 44.9 Å². The lowest BCUT2D eigenvalue weighted by Crippen LogP contribution is -2.34. The number of amides is 1. The van der Waals surface area contributed by atoms with Crippen molar-refractivity contribution in [3.05, 3.63) is 41.1 Å². The third-order valence-electron chi connectivity index (χ3n) is 6.11. The summed E-state index contributed by atoms with van der Waals surface area (Å²) in [5.74, 6) is 2.80. The van der Waals surface area contributed by atoms with E-state index < -0.39 is 0 Å². The number of hydrogen-bond donors (Lipinski definition) is 0. The summed E-state index contributed by atoms with van der Waals surface area (Å²) >= 11 is 0. The standard InChI is InChI=1S/C22H32N4O2/c1-17(21-7-5-18(2)28-21)9-12-24-13-14-26-20(16-24)15-19(23-26)6-8-22(27)25-10-3-4-11-25/h5,7,15,17H,3-4,6,8-14,16H2,1-2H3/t17-/m1/s1. The molecule has 6 nitrogen and oxygen atoms in total. The first-order valence-corrected chi connectivity index (χ1v) is 10.7. The minimum Gasteiger partial charge on any atom is -0.466 e. The van der Waals surface area contributed by atoms with Gasteiger partial charge in [0.05, 0.1) is 17.9 Å². The Labute approximate surface area is 167 Å². The zero-order valence-corrected chi connectivity index (χ0v) is 17.2. The molecule has 6 heteroatoms. The van der Waals surface area contributed by atoms with Crippen LogP contribution < -0.4 is 0 Å². The lowest BCUT2D eigenvalue weighted by Gasteiger charge is -2.28. The van der Waals surface area contributed by atoms with Crippen molar-refractivity contribution in [2.24, 2.45) is 0 Å². The molecule has 2 aromatic heterocycles. The molecule has 2 aliphatic heterocycles. The number of furan rings is 1. The summed E-state index contributed by atoms with van der Waals surface area (Å²) < 4.78 is 7.89. The van der Waals surface area contributed by atoms with Crippen molar-refractivity contribution in [3.63, 3.8) is 0 Å². The summed E-state index contributed by atoms with van der Waals surface area (Å²) in [5.41, 5.74) is 2.33. The number of carbonyl (C=O) groups is 1. The highest BCUT2D eigenvalue weighted by Gasteiger charge is 2.21. The molecule has 0 saturated carbocycles. The van der Waals surface area contributed by atoms with Crippen LogP contribution in [-0.2, 0) is 24.3 Å². The molecule has 28 heavy (non-hydrogen) atoms. The highest BCUT2D eigenvalue weighted by atomic mass is 16.3. The monoisotopic (exact) mass is 384 g/mol. The molecule has 0 radical (unpaired) electrons. The van der Waals surface area contributed by atoms with Crippen LogP contribution in [0.15, 0.2) is 22.6 Å². The van der Waals surface area contributed by atoms with Crippen LogP contribution in [0.4, 0.5) is 0 Å². The Bertz CT molecular complexity index is 803.